The number of hydrogen-bond donors (Lipinski definition) is 1. The van der Waals surface area contributed by atoms with Gasteiger partial charge in [-0.25, -0.2) is 4.98 Å². The van der Waals surface area contributed by atoms with Crippen LogP contribution in [0.1, 0.15) is 36.9 Å². The van der Waals surface area contributed by atoms with Crippen molar-refractivity contribution in [2.75, 3.05) is 11.9 Å². The lowest BCUT2D eigenvalue weighted by Crippen LogP contribution is -2.35. The number of aryl methyl sites for hydroxylation is 1. The van der Waals surface area contributed by atoms with Crippen LogP contribution in [-0.2, 0) is 13.1 Å². The zero-order chi connectivity index (χ0) is 15.5. The number of nitrogens with zero attached hydrogens (tertiary/aromatic N) is 3. The highest BCUT2D eigenvalue weighted by atomic mass is 32.1. The lowest BCUT2D eigenvalue weighted by Gasteiger charge is -2.25. The maximum atomic E-state index is 4.32. The zero-order valence-electron chi connectivity index (χ0n) is 13.5. The summed E-state index contributed by atoms with van der Waals surface area (Å²) < 4.78 is 0. The summed E-state index contributed by atoms with van der Waals surface area (Å²) in [5.74, 6) is 0. The Hall–Kier alpha value is -1.46. The first kappa shape index (κ1) is 15.9. The van der Waals surface area contributed by atoms with Crippen molar-refractivity contribution in [2.24, 2.45) is 0 Å². The molecule has 2 heterocycles. The fourth-order valence-corrected chi connectivity index (χ4v) is 2.90. The number of pyridine rings is 1. The topological polar surface area (TPSA) is 41.1 Å². The molecule has 5 heteroatoms. The molecule has 114 valence electrons. The number of anilines is 1. The van der Waals surface area contributed by atoms with Crippen molar-refractivity contribution >= 4 is 17.0 Å². The summed E-state index contributed by atoms with van der Waals surface area (Å²) >= 11 is 1.71. The Bertz CT molecular complexity index is 586. The van der Waals surface area contributed by atoms with Gasteiger partial charge in [0, 0.05) is 47.7 Å². The number of nitrogens with one attached hydrogen (secondary N) is 1. The highest BCUT2D eigenvalue weighted by Gasteiger charge is 2.13. The van der Waals surface area contributed by atoms with Gasteiger partial charge in [0.2, 0.25) is 0 Å². The minimum atomic E-state index is 0.0972. The van der Waals surface area contributed by atoms with Gasteiger partial charge in [-0.05, 0) is 33.8 Å². The molecule has 0 bridgehead atoms. The number of thiazole rings is 1. The van der Waals surface area contributed by atoms with E-state index in [1.54, 1.807) is 11.3 Å². The summed E-state index contributed by atoms with van der Waals surface area (Å²) in [6.07, 6.45) is 3.80. The SMILES string of the molecule is Cc1ncsc1CN(C)c1ccncc1CNC(C)(C)C. The van der Waals surface area contributed by atoms with E-state index in [0.29, 0.717) is 0 Å². The maximum Gasteiger partial charge on any atom is 0.0798 e. The normalized spacial score (nSPS) is 11.7. The van der Waals surface area contributed by atoms with Crippen molar-refractivity contribution in [3.8, 4) is 0 Å². The van der Waals surface area contributed by atoms with Crippen LogP contribution in [0, 0.1) is 6.92 Å². The summed E-state index contributed by atoms with van der Waals surface area (Å²) in [5.41, 5.74) is 5.56. The van der Waals surface area contributed by atoms with Gasteiger partial charge in [0.15, 0.2) is 0 Å². The smallest absolute Gasteiger partial charge is 0.0798 e. The average molecular weight is 304 g/mol. The third kappa shape index (κ3) is 4.51. The molecule has 2 aromatic heterocycles. The largest absolute Gasteiger partial charge is 0.369 e. The van der Waals surface area contributed by atoms with Crippen LogP contribution in [0.25, 0.3) is 0 Å². The highest BCUT2D eigenvalue weighted by molar-refractivity contribution is 7.09. The molecular formula is C16H24N4S. The Kier molecular flexibility index (Phi) is 4.96. The van der Waals surface area contributed by atoms with Crippen LogP contribution in [0.3, 0.4) is 0 Å². The molecule has 0 aromatic carbocycles. The number of aromatic nitrogens is 2. The van der Waals surface area contributed by atoms with Crippen LogP contribution in [0.5, 0.6) is 0 Å². The first-order valence-corrected chi connectivity index (χ1v) is 8.03. The molecule has 2 rings (SSSR count). The summed E-state index contributed by atoms with van der Waals surface area (Å²) in [6.45, 7) is 10.3. The number of hydrogen-bond acceptors (Lipinski definition) is 5. The minimum Gasteiger partial charge on any atom is -0.369 e. The van der Waals surface area contributed by atoms with E-state index >= 15 is 0 Å². The summed E-state index contributed by atoms with van der Waals surface area (Å²) in [5, 5.41) is 3.53. The number of rotatable bonds is 5. The monoisotopic (exact) mass is 304 g/mol. The van der Waals surface area contributed by atoms with Gasteiger partial charge in [-0.2, -0.15) is 0 Å². The van der Waals surface area contributed by atoms with Gasteiger partial charge in [0.25, 0.3) is 0 Å². The van der Waals surface area contributed by atoms with Gasteiger partial charge in [0.05, 0.1) is 17.7 Å². The van der Waals surface area contributed by atoms with E-state index in [0.717, 1.165) is 18.8 Å². The van der Waals surface area contributed by atoms with Crippen molar-refractivity contribution in [1.82, 2.24) is 15.3 Å². The van der Waals surface area contributed by atoms with Crippen molar-refractivity contribution in [2.45, 2.75) is 46.3 Å². The Balaban J connectivity index is 2.13. The minimum absolute atomic E-state index is 0.0972. The Morgan fingerprint density at radius 3 is 2.71 bits per heavy atom. The van der Waals surface area contributed by atoms with E-state index < -0.39 is 0 Å². The molecule has 0 atom stereocenters. The van der Waals surface area contributed by atoms with Crippen molar-refractivity contribution in [3.63, 3.8) is 0 Å². The van der Waals surface area contributed by atoms with E-state index in [2.05, 4.69) is 61.0 Å². The van der Waals surface area contributed by atoms with Crippen LogP contribution in [-0.4, -0.2) is 22.6 Å². The second-order valence-corrected chi connectivity index (χ2v) is 7.26. The van der Waals surface area contributed by atoms with Gasteiger partial charge in [-0.15, -0.1) is 11.3 Å². The predicted octanol–water partition coefficient (Wildman–Crippen LogP) is 3.37. The summed E-state index contributed by atoms with van der Waals surface area (Å²) in [4.78, 5) is 12.2. The van der Waals surface area contributed by atoms with E-state index in [9.17, 15) is 0 Å². The van der Waals surface area contributed by atoms with E-state index in [-0.39, 0.29) is 5.54 Å². The molecule has 0 radical (unpaired) electrons. The zero-order valence-corrected chi connectivity index (χ0v) is 14.3. The van der Waals surface area contributed by atoms with E-state index in [1.165, 1.54) is 16.1 Å². The average Bonchev–Trinajstić information content (AvgIpc) is 2.81. The van der Waals surface area contributed by atoms with Crippen LogP contribution in [0.4, 0.5) is 5.69 Å². The molecule has 0 aliphatic rings. The van der Waals surface area contributed by atoms with Crippen molar-refractivity contribution in [1.29, 1.82) is 0 Å². The van der Waals surface area contributed by atoms with E-state index in [4.69, 9.17) is 0 Å². The van der Waals surface area contributed by atoms with Gasteiger partial charge in [0.1, 0.15) is 0 Å². The fraction of sp³-hybridized carbons (Fsp3) is 0.500. The third-order valence-electron chi connectivity index (χ3n) is 3.32. The molecule has 1 N–H and O–H groups in total. The molecule has 0 amide bonds. The Labute approximate surface area is 131 Å². The predicted molar refractivity (Wildman–Crippen MR) is 89.8 cm³/mol. The Morgan fingerprint density at radius 1 is 1.33 bits per heavy atom. The van der Waals surface area contributed by atoms with E-state index in [1.807, 2.05) is 17.9 Å². The van der Waals surface area contributed by atoms with Gasteiger partial charge in [-0.1, -0.05) is 0 Å². The molecule has 0 aliphatic carbocycles. The fourth-order valence-electron chi connectivity index (χ4n) is 2.07. The molecular weight excluding hydrogens is 280 g/mol. The lowest BCUT2D eigenvalue weighted by atomic mass is 10.1. The van der Waals surface area contributed by atoms with Gasteiger partial charge < -0.3 is 10.2 Å². The van der Waals surface area contributed by atoms with Crippen LogP contribution >= 0.6 is 11.3 Å². The third-order valence-corrected chi connectivity index (χ3v) is 4.24. The van der Waals surface area contributed by atoms with Crippen molar-refractivity contribution in [3.05, 3.63) is 40.1 Å². The molecule has 0 fully saturated rings. The first-order chi connectivity index (χ1) is 9.87. The highest BCUT2D eigenvalue weighted by Crippen LogP contribution is 2.23. The molecule has 2 aromatic rings. The standard InChI is InChI=1S/C16H24N4S/c1-12-15(21-11-18-12)10-20(5)14-6-7-17-8-13(14)9-19-16(2,3)4/h6-8,11,19H,9-10H2,1-5H3. The van der Waals surface area contributed by atoms with Crippen molar-refractivity contribution < 1.29 is 0 Å². The molecule has 0 saturated carbocycles. The maximum absolute atomic E-state index is 4.32. The molecule has 0 aliphatic heterocycles. The molecule has 4 nitrogen and oxygen atoms in total. The summed E-state index contributed by atoms with van der Waals surface area (Å²) in [6, 6.07) is 2.08. The Morgan fingerprint density at radius 2 is 2.10 bits per heavy atom. The second kappa shape index (κ2) is 6.54. The molecule has 0 saturated heterocycles. The quantitative estimate of drug-likeness (QED) is 0.919. The molecule has 0 spiro atoms. The first-order valence-electron chi connectivity index (χ1n) is 7.15. The van der Waals surface area contributed by atoms with Gasteiger partial charge in [-0.3, -0.25) is 4.98 Å². The molecule has 0 unspecified atom stereocenters. The van der Waals surface area contributed by atoms with Crippen LogP contribution < -0.4 is 10.2 Å². The second-order valence-electron chi connectivity index (χ2n) is 6.32. The van der Waals surface area contributed by atoms with Crippen LogP contribution in [0.15, 0.2) is 24.0 Å². The van der Waals surface area contributed by atoms with Gasteiger partial charge >= 0.3 is 0 Å². The van der Waals surface area contributed by atoms with Crippen LogP contribution in [0.2, 0.25) is 0 Å². The molecule has 21 heavy (non-hydrogen) atoms. The summed E-state index contributed by atoms with van der Waals surface area (Å²) in [7, 11) is 2.12. The lowest BCUT2D eigenvalue weighted by molar-refractivity contribution is 0.424.